The van der Waals surface area contributed by atoms with Crippen molar-refractivity contribution < 1.29 is 0 Å². The summed E-state index contributed by atoms with van der Waals surface area (Å²) in [6, 6.07) is 24.5. The molecule has 1 aliphatic heterocycles. The molecule has 30 heavy (non-hydrogen) atoms. The number of benzene rings is 3. The standard InChI is InChI=1S/C28H24N2/c1-17-8-10-25-20(13-17)21-14-18(2)15-23-27(21)30(25)26-11-9-19(16-22(26)28(23,3)4)24-7-5-6-12-29-24/h5-16H,1-4H3. The average molecular weight is 389 g/mol. The monoisotopic (exact) mass is 388 g/mol. The van der Waals surface area contributed by atoms with Crippen LogP contribution in [0.25, 0.3) is 38.8 Å². The number of rotatable bonds is 1. The summed E-state index contributed by atoms with van der Waals surface area (Å²) in [4.78, 5) is 4.59. The van der Waals surface area contributed by atoms with Crippen molar-refractivity contribution in [3.63, 3.8) is 0 Å². The number of aromatic nitrogens is 2. The van der Waals surface area contributed by atoms with Gasteiger partial charge in [-0.05, 0) is 67.4 Å². The van der Waals surface area contributed by atoms with E-state index < -0.39 is 0 Å². The number of fused-ring (bicyclic) bond motifs is 5. The highest BCUT2D eigenvalue weighted by Gasteiger charge is 2.35. The van der Waals surface area contributed by atoms with Gasteiger partial charge in [0.25, 0.3) is 0 Å². The highest BCUT2D eigenvalue weighted by atomic mass is 15.0. The Bertz CT molecular complexity index is 1470. The minimum atomic E-state index is -0.0934. The second kappa shape index (κ2) is 5.82. The maximum Gasteiger partial charge on any atom is 0.0702 e. The van der Waals surface area contributed by atoms with Gasteiger partial charge in [-0.3, -0.25) is 4.98 Å². The van der Waals surface area contributed by atoms with Crippen molar-refractivity contribution in [2.75, 3.05) is 0 Å². The molecule has 5 aromatic rings. The van der Waals surface area contributed by atoms with Gasteiger partial charge < -0.3 is 4.57 Å². The van der Waals surface area contributed by atoms with Gasteiger partial charge in [0, 0.05) is 27.9 Å². The number of aryl methyl sites for hydroxylation is 2. The van der Waals surface area contributed by atoms with E-state index in [9.17, 15) is 0 Å². The van der Waals surface area contributed by atoms with E-state index in [0.29, 0.717) is 0 Å². The molecule has 2 nitrogen and oxygen atoms in total. The Kier molecular flexibility index (Phi) is 3.39. The Hall–Kier alpha value is -3.39. The predicted octanol–water partition coefficient (Wildman–Crippen LogP) is 7.10. The summed E-state index contributed by atoms with van der Waals surface area (Å²) in [5.41, 5.74) is 11.4. The number of nitrogens with zero attached hydrogens (tertiary/aromatic N) is 2. The molecule has 0 atom stereocenters. The smallest absolute Gasteiger partial charge is 0.0702 e. The van der Waals surface area contributed by atoms with E-state index in [1.54, 1.807) is 0 Å². The highest BCUT2D eigenvalue weighted by molar-refractivity contribution is 6.12. The van der Waals surface area contributed by atoms with Crippen LogP contribution in [-0.4, -0.2) is 9.55 Å². The summed E-state index contributed by atoms with van der Waals surface area (Å²) in [6.45, 7) is 9.10. The third kappa shape index (κ3) is 2.22. The van der Waals surface area contributed by atoms with Gasteiger partial charge in [0.05, 0.1) is 22.4 Å². The Morgan fingerprint density at radius 1 is 0.767 bits per heavy atom. The summed E-state index contributed by atoms with van der Waals surface area (Å²) in [5, 5.41) is 2.70. The van der Waals surface area contributed by atoms with Crippen molar-refractivity contribution in [3.05, 3.63) is 95.2 Å². The maximum atomic E-state index is 4.59. The molecular weight excluding hydrogens is 364 g/mol. The first-order chi connectivity index (χ1) is 14.4. The quantitative estimate of drug-likeness (QED) is 0.299. The topological polar surface area (TPSA) is 17.8 Å². The van der Waals surface area contributed by atoms with Crippen LogP contribution in [0.4, 0.5) is 0 Å². The van der Waals surface area contributed by atoms with Gasteiger partial charge in [-0.2, -0.15) is 0 Å². The fraction of sp³-hybridized carbons (Fsp3) is 0.179. The second-order valence-corrected chi connectivity index (χ2v) is 9.14. The van der Waals surface area contributed by atoms with Crippen LogP contribution in [0.3, 0.4) is 0 Å². The van der Waals surface area contributed by atoms with Gasteiger partial charge in [0.1, 0.15) is 0 Å². The molecule has 2 heteroatoms. The molecule has 3 aromatic carbocycles. The van der Waals surface area contributed by atoms with Crippen LogP contribution in [0.15, 0.2) is 72.9 Å². The second-order valence-electron chi connectivity index (χ2n) is 9.14. The summed E-state index contributed by atoms with van der Waals surface area (Å²) < 4.78 is 2.47. The zero-order valence-electron chi connectivity index (χ0n) is 17.8. The molecule has 6 rings (SSSR count). The Morgan fingerprint density at radius 3 is 2.40 bits per heavy atom. The van der Waals surface area contributed by atoms with Crippen molar-refractivity contribution in [2.45, 2.75) is 33.1 Å². The normalized spacial score (nSPS) is 14.3. The first kappa shape index (κ1) is 17.5. The zero-order chi connectivity index (χ0) is 20.6. The van der Waals surface area contributed by atoms with Crippen molar-refractivity contribution in [3.8, 4) is 16.9 Å². The zero-order valence-corrected chi connectivity index (χ0v) is 17.8. The molecule has 146 valence electrons. The average Bonchev–Trinajstić information content (AvgIpc) is 3.06. The van der Waals surface area contributed by atoms with E-state index in [-0.39, 0.29) is 5.41 Å². The molecule has 0 unspecified atom stereocenters. The first-order valence-corrected chi connectivity index (χ1v) is 10.6. The molecule has 0 radical (unpaired) electrons. The van der Waals surface area contributed by atoms with Gasteiger partial charge in [-0.25, -0.2) is 0 Å². The Morgan fingerprint density at radius 2 is 1.60 bits per heavy atom. The van der Waals surface area contributed by atoms with E-state index >= 15 is 0 Å². The molecule has 0 aliphatic carbocycles. The number of hydrogen-bond donors (Lipinski definition) is 0. The van der Waals surface area contributed by atoms with Gasteiger partial charge >= 0.3 is 0 Å². The van der Waals surface area contributed by atoms with Crippen LogP contribution in [0.1, 0.15) is 36.1 Å². The van der Waals surface area contributed by atoms with E-state index in [0.717, 1.165) is 5.69 Å². The predicted molar refractivity (Wildman–Crippen MR) is 126 cm³/mol. The lowest BCUT2D eigenvalue weighted by atomic mass is 9.73. The molecule has 0 N–H and O–H groups in total. The lowest BCUT2D eigenvalue weighted by molar-refractivity contribution is 0.630. The summed E-state index contributed by atoms with van der Waals surface area (Å²) in [6.07, 6.45) is 1.86. The third-order valence-corrected chi connectivity index (χ3v) is 6.71. The fourth-order valence-corrected chi connectivity index (χ4v) is 5.20. The van der Waals surface area contributed by atoms with Gasteiger partial charge in [-0.15, -0.1) is 0 Å². The van der Waals surface area contributed by atoms with Crippen molar-refractivity contribution in [1.82, 2.24) is 9.55 Å². The van der Waals surface area contributed by atoms with Crippen LogP contribution in [0.5, 0.6) is 0 Å². The van der Waals surface area contributed by atoms with Crippen molar-refractivity contribution in [1.29, 1.82) is 0 Å². The maximum absolute atomic E-state index is 4.59. The molecular formula is C28H24N2. The van der Waals surface area contributed by atoms with E-state index in [4.69, 9.17) is 0 Å². The molecule has 0 amide bonds. The lowest BCUT2D eigenvalue weighted by Gasteiger charge is -2.35. The highest BCUT2D eigenvalue weighted by Crippen LogP contribution is 2.48. The molecule has 0 saturated heterocycles. The lowest BCUT2D eigenvalue weighted by Crippen LogP contribution is -2.26. The van der Waals surface area contributed by atoms with E-state index in [1.807, 2.05) is 12.3 Å². The molecule has 0 fully saturated rings. The Balaban J connectivity index is 1.77. The van der Waals surface area contributed by atoms with Crippen LogP contribution in [0, 0.1) is 13.8 Å². The summed E-state index contributed by atoms with van der Waals surface area (Å²) in [5.74, 6) is 0. The van der Waals surface area contributed by atoms with Crippen LogP contribution in [-0.2, 0) is 5.41 Å². The molecule has 3 heterocycles. The van der Waals surface area contributed by atoms with E-state index in [2.05, 4.69) is 97.9 Å². The van der Waals surface area contributed by atoms with Gasteiger partial charge in [-0.1, -0.05) is 49.2 Å². The van der Waals surface area contributed by atoms with Crippen LogP contribution < -0.4 is 0 Å². The van der Waals surface area contributed by atoms with Crippen molar-refractivity contribution in [2.24, 2.45) is 0 Å². The molecule has 0 bridgehead atoms. The number of hydrogen-bond acceptors (Lipinski definition) is 1. The van der Waals surface area contributed by atoms with Crippen molar-refractivity contribution >= 4 is 21.8 Å². The minimum Gasteiger partial charge on any atom is -0.309 e. The van der Waals surface area contributed by atoms with Crippen LogP contribution >= 0.6 is 0 Å². The van der Waals surface area contributed by atoms with Crippen LogP contribution in [0.2, 0.25) is 0 Å². The summed E-state index contributed by atoms with van der Waals surface area (Å²) in [7, 11) is 0. The minimum absolute atomic E-state index is 0.0934. The third-order valence-electron chi connectivity index (χ3n) is 6.71. The largest absolute Gasteiger partial charge is 0.309 e. The Labute approximate surface area is 176 Å². The molecule has 0 saturated carbocycles. The van der Waals surface area contributed by atoms with Gasteiger partial charge in [0.2, 0.25) is 0 Å². The summed E-state index contributed by atoms with van der Waals surface area (Å²) >= 11 is 0. The molecule has 0 spiro atoms. The van der Waals surface area contributed by atoms with Gasteiger partial charge in [0.15, 0.2) is 0 Å². The molecule has 2 aromatic heterocycles. The van der Waals surface area contributed by atoms with E-state index in [1.165, 1.54) is 55.3 Å². The fourth-order valence-electron chi connectivity index (χ4n) is 5.20. The molecule has 1 aliphatic rings. The SMILES string of the molecule is Cc1ccc2c(c1)c1cc(C)cc3c1n2-c1ccc(-c2ccccn2)cc1C3(C)C. The number of pyridine rings is 1. The first-order valence-electron chi connectivity index (χ1n) is 10.6.